The van der Waals surface area contributed by atoms with Crippen molar-refractivity contribution in [3.8, 4) is 0 Å². The normalized spacial score (nSPS) is 19.2. The molecule has 1 saturated heterocycles. The first-order valence-corrected chi connectivity index (χ1v) is 7.74. The summed E-state index contributed by atoms with van der Waals surface area (Å²) in [7, 11) is 0. The second-order valence-electron chi connectivity index (χ2n) is 5.30. The van der Waals surface area contributed by atoms with Gasteiger partial charge in [0.25, 0.3) is 5.91 Å². The molecule has 1 amide bonds. The van der Waals surface area contributed by atoms with Crippen molar-refractivity contribution in [2.75, 3.05) is 19.6 Å². The fraction of sp³-hybridized carbons (Fsp3) is 0.533. The minimum atomic E-state index is 0.153. The number of nitrogens with zero attached hydrogens (tertiary/aromatic N) is 1. The fourth-order valence-corrected chi connectivity index (χ4v) is 3.33. The molecule has 0 radical (unpaired) electrons. The molecule has 1 aliphatic rings. The van der Waals surface area contributed by atoms with E-state index in [-0.39, 0.29) is 5.91 Å². The molecule has 4 heteroatoms. The van der Waals surface area contributed by atoms with Crippen molar-refractivity contribution in [2.45, 2.75) is 30.4 Å². The molecule has 2 N–H and O–H groups in total. The van der Waals surface area contributed by atoms with E-state index in [9.17, 15) is 4.79 Å². The summed E-state index contributed by atoms with van der Waals surface area (Å²) in [4.78, 5) is 15.6. The summed E-state index contributed by atoms with van der Waals surface area (Å²) in [6.45, 7) is 6.60. The van der Waals surface area contributed by atoms with Crippen LogP contribution in [0.2, 0.25) is 0 Å². The molecule has 1 heterocycles. The van der Waals surface area contributed by atoms with Gasteiger partial charge in [0.2, 0.25) is 0 Å². The number of hydrogen-bond acceptors (Lipinski definition) is 3. The third-order valence-corrected chi connectivity index (χ3v) is 4.47. The summed E-state index contributed by atoms with van der Waals surface area (Å²) in [5, 5.41) is 0.476. The summed E-state index contributed by atoms with van der Waals surface area (Å²) >= 11 is 1.75. The van der Waals surface area contributed by atoms with Crippen LogP contribution in [0.25, 0.3) is 0 Å². The van der Waals surface area contributed by atoms with Crippen LogP contribution in [0, 0.1) is 5.92 Å². The Labute approximate surface area is 119 Å². The number of likely N-dealkylation sites (tertiary alicyclic amines) is 1. The van der Waals surface area contributed by atoms with Crippen molar-refractivity contribution < 1.29 is 4.79 Å². The molecule has 1 aliphatic heterocycles. The maximum absolute atomic E-state index is 12.6. The maximum atomic E-state index is 12.6. The Hall–Kier alpha value is -1.00. The number of amides is 1. The first-order valence-electron chi connectivity index (χ1n) is 6.87. The number of hydrogen-bond donors (Lipinski definition) is 1. The molecule has 1 unspecified atom stereocenters. The highest BCUT2D eigenvalue weighted by molar-refractivity contribution is 8.00. The third-order valence-electron chi connectivity index (χ3n) is 3.39. The van der Waals surface area contributed by atoms with Gasteiger partial charge in [-0.3, -0.25) is 4.79 Å². The van der Waals surface area contributed by atoms with Gasteiger partial charge in [-0.2, -0.15) is 0 Å². The quantitative estimate of drug-likeness (QED) is 0.861. The zero-order valence-corrected chi connectivity index (χ0v) is 12.5. The molecule has 0 bridgehead atoms. The van der Waals surface area contributed by atoms with Crippen LogP contribution in [0.3, 0.4) is 0 Å². The molecule has 0 saturated carbocycles. The van der Waals surface area contributed by atoms with E-state index >= 15 is 0 Å². The fourth-order valence-electron chi connectivity index (χ4n) is 2.38. The number of benzene rings is 1. The SMILES string of the molecule is CC(C)Sc1ccccc1C(=O)N1CCC(CN)C1. The lowest BCUT2D eigenvalue weighted by Gasteiger charge is -2.18. The molecule has 0 spiro atoms. The number of rotatable bonds is 4. The summed E-state index contributed by atoms with van der Waals surface area (Å²) in [6, 6.07) is 7.90. The highest BCUT2D eigenvalue weighted by Gasteiger charge is 2.27. The summed E-state index contributed by atoms with van der Waals surface area (Å²) in [6.07, 6.45) is 1.03. The Kier molecular flexibility index (Phi) is 4.88. The molecule has 0 aliphatic carbocycles. The highest BCUT2D eigenvalue weighted by Crippen LogP contribution is 2.28. The molecule has 1 atom stereocenters. The van der Waals surface area contributed by atoms with Gasteiger partial charge < -0.3 is 10.6 Å². The lowest BCUT2D eigenvalue weighted by atomic mass is 10.1. The standard InChI is InChI=1S/C15H22N2OS/c1-11(2)19-14-6-4-3-5-13(14)15(18)17-8-7-12(9-16)10-17/h3-6,11-12H,7-10,16H2,1-2H3. The second kappa shape index (κ2) is 6.44. The van der Waals surface area contributed by atoms with Crippen LogP contribution in [0.5, 0.6) is 0 Å². The van der Waals surface area contributed by atoms with Crippen LogP contribution < -0.4 is 5.73 Å². The van der Waals surface area contributed by atoms with Gasteiger partial charge in [0.15, 0.2) is 0 Å². The molecule has 0 aromatic heterocycles. The topological polar surface area (TPSA) is 46.3 Å². The van der Waals surface area contributed by atoms with Gasteiger partial charge in [0.1, 0.15) is 0 Å². The van der Waals surface area contributed by atoms with E-state index < -0.39 is 0 Å². The molecular formula is C15H22N2OS. The lowest BCUT2D eigenvalue weighted by molar-refractivity contribution is 0.0784. The van der Waals surface area contributed by atoms with Gasteiger partial charge in [-0.25, -0.2) is 0 Å². The minimum Gasteiger partial charge on any atom is -0.338 e. The van der Waals surface area contributed by atoms with Crippen molar-refractivity contribution in [1.82, 2.24) is 4.90 Å². The Balaban J connectivity index is 2.15. The van der Waals surface area contributed by atoms with Gasteiger partial charge in [-0.05, 0) is 31.0 Å². The Morgan fingerprint density at radius 3 is 2.84 bits per heavy atom. The van der Waals surface area contributed by atoms with Crippen LogP contribution in [0.15, 0.2) is 29.2 Å². The maximum Gasteiger partial charge on any atom is 0.254 e. The zero-order valence-electron chi connectivity index (χ0n) is 11.6. The van der Waals surface area contributed by atoms with E-state index in [1.54, 1.807) is 11.8 Å². The predicted octanol–water partition coefficient (Wildman–Crippen LogP) is 2.61. The predicted molar refractivity (Wildman–Crippen MR) is 80.5 cm³/mol. The molecule has 104 valence electrons. The van der Waals surface area contributed by atoms with E-state index in [0.29, 0.717) is 17.7 Å². The molecule has 19 heavy (non-hydrogen) atoms. The van der Waals surface area contributed by atoms with Gasteiger partial charge in [0, 0.05) is 23.2 Å². The van der Waals surface area contributed by atoms with Crippen LogP contribution in [0.4, 0.5) is 0 Å². The second-order valence-corrected chi connectivity index (χ2v) is 6.92. The van der Waals surface area contributed by atoms with Gasteiger partial charge in [-0.15, -0.1) is 11.8 Å². The zero-order chi connectivity index (χ0) is 13.8. The van der Waals surface area contributed by atoms with Crippen LogP contribution >= 0.6 is 11.8 Å². The molecular weight excluding hydrogens is 256 g/mol. The Morgan fingerprint density at radius 1 is 1.47 bits per heavy atom. The van der Waals surface area contributed by atoms with Gasteiger partial charge in [-0.1, -0.05) is 26.0 Å². The molecule has 1 aromatic rings. The van der Waals surface area contributed by atoms with Gasteiger partial charge >= 0.3 is 0 Å². The van der Waals surface area contributed by atoms with E-state index in [1.807, 2.05) is 29.2 Å². The first kappa shape index (κ1) is 14.4. The third kappa shape index (κ3) is 3.51. The summed E-state index contributed by atoms with van der Waals surface area (Å²) < 4.78 is 0. The van der Waals surface area contributed by atoms with Crippen molar-refractivity contribution >= 4 is 17.7 Å². The van der Waals surface area contributed by atoms with Crippen LogP contribution in [-0.2, 0) is 0 Å². The number of carbonyl (C=O) groups excluding carboxylic acids is 1. The number of carbonyl (C=O) groups is 1. The van der Waals surface area contributed by atoms with E-state index in [0.717, 1.165) is 30.0 Å². The highest BCUT2D eigenvalue weighted by atomic mass is 32.2. The van der Waals surface area contributed by atoms with Crippen molar-refractivity contribution in [2.24, 2.45) is 11.7 Å². The van der Waals surface area contributed by atoms with Crippen molar-refractivity contribution in [3.05, 3.63) is 29.8 Å². The minimum absolute atomic E-state index is 0.153. The van der Waals surface area contributed by atoms with E-state index in [2.05, 4.69) is 13.8 Å². The average molecular weight is 278 g/mol. The molecule has 3 nitrogen and oxygen atoms in total. The Morgan fingerprint density at radius 2 is 2.21 bits per heavy atom. The van der Waals surface area contributed by atoms with E-state index in [1.165, 1.54) is 0 Å². The first-order chi connectivity index (χ1) is 9.11. The molecule has 2 rings (SSSR count). The van der Waals surface area contributed by atoms with Crippen molar-refractivity contribution in [3.63, 3.8) is 0 Å². The Bertz CT molecular complexity index is 448. The van der Waals surface area contributed by atoms with E-state index in [4.69, 9.17) is 5.73 Å². The monoisotopic (exact) mass is 278 g/mol. The molecule has 1 fully saturated rings. The van der Waals surface area contributed by atoms with Gasteiger partial charge in [0.05, 0.1) is 5.56 Å². The smallest absolute Gasteiger partial charge is 0.254 e. The van der Waals surface area contributed by atoms with Crippen LogP contribution in [-0.4, -0.2) is 35.7 Å². The summed E-state index contributed by atoms with van der Waals surface area (Å²) in [5.41, 5.74) is 6.52. The van der Waals surface area contributed by atoms with Crippen LogP contribution in [0.1, 0.15) is 30.6 Å². The number of nitrogens with two attached hydrogens (primary N) is 1. The van der Waals surface area contributed by atoms with Crippen molar-refractivity contribution in [1.29, 1.82) is 0 Å². The number of thioether (sulfide) groups is 1. The molecule has 1 aromatic carbocycles. The summed E-state index contributed by atoms with van der Waals surface area (Å²) in [5.74, 6) is 0.619. The average Bonchev–Trinajstić information content (AvgIpc) is 2.86. The largest absolute Gasteiger partial charge is 0.338 e. The lowest BCUT2D eigenvalue weighted by Crippen LogP contribution is -2.30.